The first-order valence-corrected chi connectivity index (χ1v) is 10.4. The fraction of sp³-hybridized carbons (Fsp3) is 0.318. The number of carbonyl (C=O) groups is 3. The molecule has 0 spiro atoms. The van der Waals surface area contributed by atoms with Crippen LogP contribution in [0, 0.1) is 6.92 Å². The Labute approximate surface area is 186 Å². The molecule has 0 saturated carbocycles. The first-order valence-electron chi connectivity index (χ1n) is 10.0. The van der Waals surface area contributed by atoms with Gasteiger partial charge < -0.3 is 16.0 Å². The third-order valence-corrected chi connectivity index (χ3v) is 5.02. The van der Waals surface area contributed by atoms with Crippen LogP contribution in [0.4, 0.5) is 16.2 Å². The standard InChI is InChI=1S/C22H27ClN4O4/c1-15-12-13-17(14-18(15)23)25-22(30)26-19(21(29)27-31)10-6-3-7-11-20(28)24-16-8-4-2-5-9-16/h2,4-5,8-9,12-14,19,31H,3,6-7,10-11H2,1H3,(H,24,28)(H,27,29)(H2,25,26,30)/t19-/m0/s1. The number of urea groups is 1. The summed E-state index contributed by atoms with van der Waals surface area (Å²) < 4.78 is 0. The molecule has 0 radical (unpaired) electrons. The van der Waals surface area contributed by atoms with Gasteiger partial charge in [0.1, 0.15) is 6.04 Å². The van der Waals surface area contributed by atoms with Gasteiger partial charge >= 0.3 is 6.03 Å². The van der Waals surface area contributed by atoms with E-state index in [1.54, 1.807) is 23.7 Å². The van der Waals surface area contributed by atoms with Gasteiger partial charge in [-0.3, -0.25) is 14.8 Å². The molecule has 2 aromatic carbocycles. The molecule has 166 valence electrons. The number of nitrogens with one attached hydrogen (secondary N) is 4. The molecule has 0 aromatic heterocycles. The minimum absolute atomic E-state index is 0.0786. The van der Waals surface area contributed by atoms with Crippen molar-refractivity contribution in [2.45, 2.75) is 45.1 Å². The Balaban J connectivity index is 1.74. The van der Waals surface area contributed by atoms with E-state index in [1.807, 2.05) is 37.3 Å². The van der Waals surface area contributed by atoms with Crippen LogP contribution in [0.2, 0.25) is 5.02 Å². The molecule has 0 aliphatic rings. The molecule has 2 rings (SSSR count). The van der Waals surface area contributed by atoms with Crippen molar-refractivity contribution in [1.82, 2.24) is 10.8 Å². The van der Waals surface area contributed by atoms with Gasteiger partial charge in [0, 0.05) is 22.8 Å². The fourth-order valence-electron chi connectivity index (χ4n) is 2.90. The van der Waals surface area contributed by atoms with Gasteiger partial charge in [-0.1, -0.05) is 48.7 Å². The number of unbranched alkanes of at least 4 members (excludes halogenated alkanes) is 2. The SMILES string of the molecule is Cc1ccc(NC(=O)N[C@@H](CCCCCC(=O)Nc2ccccc2)C(=O)NO)cc1Cl. The number of hydroxylamine groups is 1. The van der Waals surface area contributed by atoms with Gasteiger partial charge in [0.15, 0.2) is 0 Å². The number of carbonyl (C=O) groups excluding carboxylic acids is 3. The molecule has 0 fully saturated rings. The normalized spacial score (nSPS) is 11.3. The highest BCUT2D eigenvalue weighted by Crippen LogP contribution is 2.20. The average molecular weight is 447 g/mol. The van der Waals surface area contributed by atoms with Crippen molar-refractivity contribution in [1.29, 1.82) is 0 Å². The number of amides is 4. The summed E-state index contributed by atoms with van der Waals surface area (Å²) in [6, 6.07) is 12.8. The predicted molar refractivity (Wildman–Crippen MR) is 120 cm³/mol. The van der Waals surface area contributed by atoms with Crippen molar-refractivity contribution in [2.75, 3.05) is 10.6 Å². The van der Waals surface area contributed by atoms with Crippen molar-refractivity contribution in [3.05, 3.63) is 59.1 Å². The maximum Gasteiger partial charge on any atom is 0.319 e. The molecule has 2 aromatic rings. The summed E-state index contributed by atoms with van der Waals surface area (Å²) in [6.07, 6.45) is 2.59. The molecule has 5 N–H and O–H groups in total. The van der Waals surface area contributed by atoms with Crippen LogP contribution in [0.25, 0.3) is 0 Å². The topological polar surface area (TPSA) is 120 Å². The summed E-state index contributed by atoms with van der Waals surface area (Å²) in [7, 11) is 0. The molecule has 31 heavy (non-hydrogen) atoms. The van der Waals surface area contributed by atoms with E-state index < -0.39 is 18.0 Å². The molecule has 0 aliphatic carbocycles. The van der Waals surface area contributed by atoms with Gasteiger partial charge in [-0.2, -0.15) is 0 Å². The highest BCUT2D eigenvalue weighted by atomic mass is 35.5. The number of aryl methyl sites for hydroxylation is 1. The van der Waals surface area contributed by atoms with Crippen LogP contribution in [0.15, 0.2) is 48.5 Å². The van der Waals surface area contributed by atoms with E-state index in [1.165, 1.54) is 0 Å². The number of halogens is 1. The minimum Gasteiger partial charge on any atom is -0.326 e. The van der Waals surface area contributed by atoms with Gasteiger partial charge in [0.2, 0.25) is 5.91 Å². The minimum atomic E-state index is -0.913. The zero-order valence-electron chi connectivity index (χ0n) is 17.3. The summed E-state index contributed by atoms with van der Waals surface area (Å²) in [5, 5.41) is 17.4. The second kappa shape index (κ2) is 12.6. The van der Waals surface area contributed by atoms with Crippen LogP contribution in [-0.4, -0.2) is 29.1 Å². The molecule has 0 aliphatic heterocycles. The van der Waals surface area contributed by atoms with Crippen molar-refractivity contribution >= 4 is 40.8 Å². The Hall–Kier alpha value is -3.10. The number of para-hydroxylation sites is 1. The summed E-state index contributed by atoms with van der Waals surface area (Å²) >= 11 is 6.04. The van der Waals surface area contributed by atoms with E-state index in [0.717, 1.165) is 11.3 Å². The number of hydrogen-bond acceptors (Lipinski definition) is 4. The number of rotatable bonds is 10. The summed E-state index contributed by atoms with van der Waals surface area (Å²) in [4.78, 5) is 36.0. The Bertz CT molecular complexity index is 892. The number of anilines is 2. The molecule has 0 unspecified atom stereocenters. The van der Waals surface area contributed by atoms with Crippen LogP contribution >= 0.6 is 11.6 Å². The van der Waals surface area contributed by atoms with Crippen LogP contribution in [0.1, 0.15) is 37.7 Å². The van der Waals surface area contributed by atoms with Crippen LogP contribution < -0.4 is 21.4 Å². The van der Waals surface area contributed by atoms with Gasteiger partial charge in [-0.05, 0) is 49.6 Å². The Morgan fingerprint density at radius 2 is 1.71 bits per heavy atom. The number of hydrogen-bond donors (Lipinski definition) is 5. The third kappa shape index (κ3) is 8.65. The molecule has 0 bridgehead atoms. The molecule has 0 saturated heterocycles. The predicted octanol–water partition coefficient (Wildman–Crippen LogP) is 4.23. The van der Waals surface area contributed by atoms with Crippen molar-refractivity contribution in [2.24, 2.45) is 0 Å². The van der Waals surface area contributed by atoms with E-state index in [0.29, 0.717) is 42.8 Å². The molecule has 8 nitrogen and oxygen atoms in total. The van der Waals surface area contributed by atoms with Crippen molar-refractivity contribution in [3.8, 4) is 0 Å². The van der Waals surface area contributed by atoms with E-state index in [9.17, 15) is 14.4 Å². The maximum absolute atomic E-state index is 12.2. The lowest BCUT2D eigenvalue weighted by atomic mass is 10.1. The first kappa shape index (κ1) is 24.2. The largest absolute Gasteiger partial charge is 0.326 e. The summed E-state index contributed by atoms with van der Waals surface area (Å²) in [5.74, 6) is -0.788. The lowest BCUT2D eigenvalue weighted by molar-refractivity contribution is -0.131. The molecular weight excluding hydrogens is 420 g/mol. The highest BCUT2D eigenvalue weighted by molar-refractivity contribution is 6.31. The lowest BCUT2D eigenvalue weighted by Gasteiger charge is -2.17. The van der Waals surface area contributed by atoms with Crippen LogP contribution in [0.3, 0.4) is 0 Å². The summed E-state index contributed by atoms with van der Waals surface area (Å²) in [6.45, 7) is 1.85. The second-order valence-corrected chi connectivity index (χ2v) is 7.51. The smallest absolute Gasteiger partial charge is 0.319 e. The molecule has 9 heteroatoms. The average Bonchev–Trinajstić information content (AvgIpc) is 2.75. The zero-order valence-corrected chi connectivity index (χ0v) is 18.0. The third-order valence-electron chi connectivity index (χ3n) is 4.62. The summed E-state index contributed by atoms with van der Waals surface area (Å²) in [5.41, 5.74) is 3.68. The maximum atomic E-state index is 12.2. The van der Waals surface area contributed by atoms with Gasteiger partial charge in [0.25, 0.3) is 5.91 Å². The monoisotopic (exact) mass is 446 g/mol. The van der Waals surface area contributed by atoms with Gasteiger partial charge in [-0.15, -0.1) is 0 Å². The van der Waals surface area contributed by atoms with Gasteiger partial charge in [0.05, 0.1) is 0 Å². The molecule has 0 heterocycles. The van der Waals surface area contributed by atoms with Crippen molar-refractivity contribution in [3.63, 3.8) is 0 Å². The molecule has 4 amide bonds. The quantitative estimate of drug-likeness (QED) is 0.213. The van der Waals surface area contributed by atoms with Gasteiger partial charge in [-0.25, -0.2) is 10.3 Å². The molecular formula is C22H27ClN4O4. The molecule has 1 atom stereocenters. The Morgan fingerprint density at radius 1 is 0.968 bits per heavy atom. The Morgan fingerprint density at radius 3 is 2.39 bits per heavy atom. The van der Waals surface area contributed by atoms with Crippen LogP contribution in [0.5, 0.6) is 0 Å². The van der Waals surface area contributed by atoms with Crippen LogP contribution in [-0.2, 0) is 9.59 Å². The fourth-order valence-corrected chi connectivity index (χ4v) is 3.08. The highest BCUT2D eigenvalue weighted by Gasteiger charge is 2.20. The van der Waals surface area contributed by atoms with E-state index in [2.05, 4.69) is 16.0 Å². The zero-order chi connectivity index (χ0) is 22.6. The lowest BCUT2D eigenvalue weighted by Crippen LogP contribution is -2.47. The number of benzene rings is 2. The second-order valence-electron chi connectivity index (χ2n) is 7.10. The Kier molecular flexibility index (Phi) is 9.80. The van der Waals surface area contributed by atoms with E-state index >= 15 is 0 Å². The van der Waals surface area contributed by atoms with Crippen molar-refractivity contribution < 1.29 is 19.6 Å². The van der Waals surface area contributed by atoms with E-state index in [4.69, 9.17) is 16.8 Å². The first-order chi connectivity index (χ1) is 14.9. The van der Waals surface area contributed by atoms with E-state index in [-0.39, 0.29) is 5.91 Å².